The van der Waals surface area contributed by atoms with Crippen molar-refractivity contribution >= 4 is 11.6 Å². The molecule has 1 atom stereocenters. The van der Waals surface area contributed by atoms with Crippen LogP contribution in [0, 0.1) is 5.92 Å². The Morgan fingerprint density at radius 2 is 1.77 bits per heavy atom. The molecule has 0 aromatic carbocycles. The van der Waals surface area contributed by atoms with E-state index in [0.717, 1.165) is 12.3 Å². The quantitative estimate of drug-likeness (QED) is 0.456. The molecule has 1 unspecified atom stereocenters. The van der Waals surface area contributed by atoms with E-state index in [-0.39, 0.29) is 0 Å². The first-order valence-electron chi connectivity index (χ1n) is 5.97. The molecule has 1 aliphatic carbocycles. The fraction of sp³-hybridized carbons (Fsp3) is 1.00. The second kappa shape index (κ2) is 6.70. The van der Waals surface area contributed by atoms with E-state index in [2.05, 4.69) is 6.92 Å². The molecule has 0 aromatic rings. The summed E-state index contributed by atoms with van der Waals surface area (Å²) in [5, 5.41) is 0.434. The number of alkyl halides is 1. The zero-order chi connectivity index (χ0) is 9.52. The van der Waals surface area contributed by atoms with Crippen LogP contribution in [0.25, 0.3) is 0 Å². The summed E-state index contributed by atoms with van der Waals surface area (Å²) in [6.07, 6.45) is 12.5. The van der Waals surface area contributed by atoms with E-state index in [0.29, 0.717) is 5.38 Å². The van der Waals surface area contributed by atoms with Crippen LogP contribution in [0.5, 0.6) is 0 Å². The van der Waals surface area contributed by atoms with Crippen molar-refractivity contribution in [2.75, 3.05) is 0 Å². The molecule has 1 rings (SSSR count). The molecular formula is C12H23Cl. The van der Waals surface area contributed by atoms with Gasteiger partial charge < -0.3 is 0 Å². The van der Waals surface area contributed by atoms with E-state index >= 15 is 0 Å². The summed E-state index contributed by atoms with van der Waals surface area (Å²) < 4.78 is 0. The Balaban J connectivity index is 2.11. The van der Waals surface area contributed by atoms with Gasteiger partial charge >= 0.3 is 0 Å². The fourth-order valence-electron chi connectivity index (χ4n) is 2.27. The Morgan fingerprint density at radius 3 is 2.31 bits per heavy atom. The third-order valence-electron chi connectivity index (χ3n) is 3.31. The lowest BCUT2D eigenvalue weighted by molar-refractivity contribution is 0.410. The van der Waals surface area contributed by atoms with Gasteiger partial charge in [0.05, 0.1) is 0 Å². The summed E-state index contributed by atoms with van der Waals surface area (Å²) in [4.78, 5) is 0. The molecule has 0 N–H and O–H groups in total. The molecule has 0 spiro atoms. The minimum atomic E-state index is 0.434. The largest absolute Gasteiger partial charge is 0.123 e. The number of hydrogen-bond donors (Lipinski definition) is 0. The van der Waals surface area contributed by atoms with Crippen LogP contribution in [-0.4, -0.2) is 5.38 Å². The van der Waals surface area contributed by atoms with Crippen LogP contribution in [0.3, 0.4) is 0 Å². The molecule has 0 heterocycles. The van der Waals surface area contributed by atoms with Gasteiger partial charge in [-0.05, 0) is 25.2 Å². The van der Waals surface area contributed by atoms with Crippen LogP contribution in [0.4, 0.5) is 0 Å². The molecule has 13 heavy (non-hydrogen) atoms. The molecule has 0 aromatic heterocycles. The Kier molecular flexibility index (Phi) is 5.86. The van der Waals surface area contributed by atoms with Crippen molar-refractivity contribution < 1.29 is 0 Å². The molecule has 1 aliphatic rings. The van der Waals surface area contributed by atoms with Crippen molar-refractivity contribution in [2.45, 2.75) is 70.1 Å². The lowest BCUT2D eigenvalue weighted by Gasteiger charge is -2.15. The predicted octanol–water partition coefficient (Wildman–Crippen LogP) is 4.75. The zero-order valence-corrected chi connectivity index (χ0v) is 9.65. The third kappa shape index (κ3) is 4.90. The average molecular weight is 203 g/mol. The molecule has 1 saturated carbocycles. The number of hydrogen-bond acceptors (Lipinski definition) is 0. The highest BCUT2D eigenvalue weighted by atomic mass is 35.5. The second-order valence-corrected chi connectivity index (χ2v) is 5.06. The topological polar surface area (TPSA) is 0 Å². The Labute approximate surface area is 88.1 Å². The summed E-state index contributed by atoms with van der Waals surface area (Å²) >= 11 is 6.13. The van der Waals surface area contributed by atoms with Gasteiger partial charge in [0.1, 0.15) is 0 Å². The van der Waals surface area contributed by atoms with E-state index in [1.54, 1.807) is 0 Å². The predicted molar refractivity (Wildman–Crippen MR) is 60.4 cm³/mol. The number of rotatable bonds is 4. The van der Waals surface area contributed by atoms with Crippen LogP contribution in [0.2, 0.25) is 0 Å². The van der Waals surface area contributed by atoms with E-state index in [1.807, 2.05) is 0 Å². The number of halogens is 1. The van der Waals surface area contributed by atoms with Gasteiger partial charge in [-0.2, -0.15) is 0 Å². The van der Waals surface area contributed by atoms with Crippen LogP contribution < -0.4 is 0 Å². The minimum Gasteiger partial charge on any atom is -0.123 e. The Morgan fingerprint density at radius 1 is 1.15 bits per heavy atom. The Hall–Kier alpha value is 0.290. The molecule has 0 amide bonds. The third-order valence-corrected chi connectivity index (χ3v) is 3.83. The standard InChI is InChI=1S/C12H23Cl/c1-2-12(13)10-9-11-7-5-3-4-6-8-11/h11-12H,2-10H2,1H3. The van der Waals surface area contributed by atoms with E-state index in [4.69, 9.17) is 11.6 Å². The van der Waals surface area contributed by atoms with Crippen molar-refractivity contribution in [3.63, 3.8) is 0 Å². The average Bonchev–Trinajstić information content (AvgIpc) is 2.42. The molecule has 1 fully saturated rings. The summed E-state index contributed by atoms with van der Waals surface area (Å²) in [6.45, 7) is 2.19. The van der Waals surface area contributed by atoms with Gasteiger partial charge in [0.15, 0.2) is 0 Å². The molecule has 0 saturated heterocycles. The van der Waals surface area contributed by atoms with Crippen molar-refractivity contribution in [2.24, 2.45) is 5.92 Å². The summed E-state index contributed by atoms with van der Waals surface area (Å²) in [5.74, 6) is 0.996. The molecule has 0 nitrogen and oxygen atoms in total. The van der Waals surface area contributed by atoms with Gasteiger partial charge in [0.2, 0.25) is 0 Å². The van der Waals surface area contributed by atoms with Gasteiger partial charge in [0, 0.05) is 5.38 Å². The lowest BCUT2D eigenvalue weighted by Crippen LogP contribution is -2.03. The van der Waals surface area contributed by atoms with Gasteiger partial charge in [-0.1, -0.05) is 45.4 Å². The maximum atomic E-state index is 6.13. The first kappa shape index (κ1) is 11.4. The molecular weight excluding hydrogens is 180 g/mol. The molecule has 0 bridgehead atoms. The summed E-state index contributed by atoms with van der Waals surface area (Å²) in [6, 6.07) is 0. The van der Waals surface area contributed by atoms with Crippen molar-refractivity contribution in [3.05, 3.63) is 0 Å². The van der Waals surface area contributed by atoms with Crippen LogP contribution in [-0.2, 0) is 0 Å². The van der Waals surface area contributed by atoms with Gasteiger partial charge in [-0.15, -0.1) is 11.6 Å². The molecule has 78 valence electrons. The minimum absolute atomic E-state index is 0.434. The molecule has 0 aliphatic heterocycles. The van der Waals surface area contributed by atoms with E-state index in [1.165, 1.54) is 51.4 Å². The second-order valence-electron chi connectivity index (χ2n) is 4.44. The van der Waals surface area contributed by atoms with Crippen molar-refractivity contribution in [1.82, 2.24) is 0 Å². The highest BCUT2D eigenvalue weighted by Gasteiger charge is 2.13. The van der Waals surface area contributed by atoms with Crippen molar-refractivity contribution in [3.8, 4) is 0 Å². The Bertz CT molecular complexity index is 114. The zero-order valence-electron chi connectivity index (χ0n) is 8.90. The van der Waals surface area contributed by atoms with Crippen LogP contribution in [0.15, 0.2) is 0 Å². The maximum Gasteiger partial charge on any atom is 0.0333 e. The summed E-state index contributed by atoms with van der Waals surface area (Å²) in [7, 11) is 0. The normalized spacial score (nSPS) is 22.6. The maximum absolute atomic E-state index is 6.13. The molecule has 0 radical (unpaired) electrons. The molecule has 1 heteroatoms. The van der Waals surface area contributed by atoms with E-state index in [9.17, 15) is 0 Å². The first-order chi connectivity index (χ1) is 6.33. The first-order valence-corrected chi connectivity index (χ1v) is 6.40. The summed E-state index contributed by atoms with van der Waals surface area (Å²) in [5.41, 5.74) is 0. The monoisotopic (exact) mass is 202 g/mol. The smallest absolute Gasteiger partial charge is 0.0333 e. The van der Waals surface area contributed by atoms with Crippen molar-refractivity contribution in [1.29, 1.82) is 0 Å². The van der Waals surface area contributed by atoms with Gasteiger partial charge in [-0.25, -0.2) is 0 Å². The van der Waals surface area contributed by atoms with Crippen LogP contribution in [0.1, 0.15) is 64.7 Å². The fourth-order valence-corrected chi connectivity index (χ4v) is 2.40. The van der Waals surface area contributed by atoms with Gasteiger partial charge in [0.25, 0.3) is 0 Å². The van der Waals surface area contributed by atoms with Gasteiger partial charge in [-0.3, -0.25) is 0 Å². The highest BCUT2D eigenvalue weighted by molar-refractivity contribution is 6.20. The SMILES string of the molecule is CCC(Cl)CCC1CCCCCC1. The lowest BCUT2D eigenvalue weighted by atomic mass is 9.94. The van der Waals surface area contributed by atoms with E-state index < -0.39 is 0 Å². The van der Waals surface area contributed by atoms with Crippen LogP contribution >= 0.6 is 11.6 Å². The highest BCUT2D eigenvalue weighted by Crippen LogP contribution is 2.27.